The topological polar surface area (TPSA) is 134 Å². The second-order valence-electron chi connectivity index (χ2n) is 7.98. The summed E-state index contributed by atoms with van der Waals surface area (Å²) in [5.41, 5.74) is 1.76. The van der Waals surface area contributed by atoms with E-state index in [4.69, 9.17) is 4.74 Å². The van der Waals surface area contributed by atoms with E-state index in [2.05, 4.69) is 20.0 Å². The lowest BCUT2D eigenvalue weighted by Gasteiger charge is -2.19. The summed E-state index contributed by atoms with van der Waals surface area (Å²) in [6.07, 6.45) is 1.46. The first-order chi connectivity index (χ1) is 17.2. The van der Waals surface area contributed by atoms with Gasteiger partial charge in [0.25, 0.3) is 10.0 Å². The third-order valence-corrected chi connectivity index (χ3v) is 6.70. The number of nitrogens with zero attached hydrogens (tertiary/aromatic N) is 4. The fraction of sp³-hybridized carbons (Fsp3) is 0.250. The Labute approximate surface area is 209 Å². The lowest BCUT2D eigenvalue weighted by Crippen LogP contribution is -2.37. The number of sulfonamides is 1. The zero-order chi connectivity index (χ0) is 25.7. The van der Waals surface area contributed by atoms with Gasteiger partial charge in [-0.1, -0.05) is 0 Å². The Kier molecular flexibility index (Phi) is 7.34. The number of nitrogens with one attached hydrogen (secondary N) is 2. The molecule has 3 amide bonds. The van der Waals surface area contributed by atoms with Crippen molar-refractivity contribution in [1.29, 1.82) is 0 Å². The highest BCUT2D eigenvalue weighted by atomic mass is 32.2. The molecule has 1 aliphatic heterocycles. The summed E-state index contributed by atoms with van der Waals surface area (Å²) in [7, 11) is -3.89. The van der Waals surface area contributed by atoms with Gasteiger partial charge in [0.05, 0.1) is 11.5 Å². The van der Waals surface area contributed by atoms with E-state index in [1.165, 1.54) is 35.4 Å². The normalized spacial score (nSPS) is 13.6. The van der Waals surface area contributed by atoms with Crippen LogP contribution in [0.1, 0.15) is 12.6 Å². The highest BCUT2D eigenvalue weighted by Crippen LogP contribution is 2.23. The molecule has 12 heteroatoms. The Morgan fingerprint density at radius 2 is 1.78 bits per heavy atom. The molecular weight excluding hydrogens is 484 g/mol. The maximum atomic E-state index is 12.8. The second kappa shape index (κ2) is 10.6. The van der Waals surface area contributed by atoms with Gasteiger partial charge < -0.3 is 15.0 Å². The molecule has 0 radical (unpaired) electrons. The van der Waals surface area contributed by atoms with Crippen molar-refractivity contribution in [2.24, 2.45) is 0 Å². The fourth-order valence-corrected chi connectivity index (χ4v) is 4.58. The van der Waals surface area contributed by atoms with E-state index < -0.39 is 15.9 Å². The van der Waals surface area contributed by atoms with Gasteiger partial charge in [0.15, 0.2) is 0 Å². The zero-order valence-electron chi connectivity index (χ0n) is 19.8. The molecule has 36 heavy (non-hydrogen) atoms. The summed E-state index contributed by atoms with van der Waals surface area (Å²) in [5.74, 6) is 0.308. The molecule has 0 aliphatic carbocycles. The number of carbonyl (C=O) groups is 2. The molecule has 0 unspecified atom stereocenters. The predicted octanol–water partition coefficient (Wildman–Crippen LogP) is 2.87. The largest absolute Gasteiger partial charge is 0.494 e. The van der Waals surface area contributed by atoms with Crippen LogP contribution in [-0.4, -0.2) is 61.5 Å². The van der Waals surface area contributed by atoms with E-state index in [0.29, 0.717) is 31.1 Å². The third-order valence-electron chi connectivity index (χ3n) is 5.36. The van der Waals surface area contributed by atoms with E-state index in [1.54, 1.807) is 30.0 Å². The third kappa shape index (κ3) is 5.89. The highest BCUT2D eigenvalue weighted by molar-refractivity contribution is 7.92. The van der Waals surface area contributed by atoms with Crippen molar-refractivity contribution in [3.8, 4) is 5.75 Å². The number of benzene rings is 2. The van der Waals surface area contributed by atoms with Crippen molar-refractivity contribution in [3.05, 3.63) is 66.5 Å². The van der Waals surface area contributed by atoms with Crippen molar-refractivity contribution in [2.75, 3.05) is 41.2 Å². The van der Waals surface area contributed by atoms with Crippen LogP contribution in [0.15, 0.2) is 65.7 Å². The minimum atomic E-state index is -3.89. The molecule has 1 fully saturated rings. The molecule has 1 aliphatic rings. The van der Waals surface area contributed by atoms with Crippen LogP contribution < -0.4 is 19.7 Å². The fourth-order valence-electron chi connectivity index (χ4n) is 3.63. The highest BCUT2D eigenvalue weighted by Gasteiger charge is 2.30. The number of carbonyl (C=O) groups excluding carboxylic acids is 2. The van der Waals surface area contributed by atoms with Crippen LogP contribution in [0.3, 0.4) is 0 Å². The van der Waals surface area contributed by atoms with Crippen molar-refractivity contribution >= 4 is 39.3 Å². The van der Waals surface area contributed by atoms with Crippen molar-refractivity contribution in [2.45, 2.75) is 18.7 Å². The molecule has 2 heterocycles. The second-order valence-corrected chi connectivity index (χ2v) is 9.66. The molecule has 2 N–H and O–H groups in total. The average Bonchev–Trinajstić information content (AvgIpc) is 3.19. The number of rotatable bonds is 9. The molecular formula is C24H26N6O5S. The Bertz CT molecular complexity index is 1350. The number of ether oxygens (including phenoxy) is 1. The summed E-state index contributed by atoms with van der Waals surface area (Å²) in [5, 5.41) is 2.69. The van der Waals surface area contributed by atoms with Gasteiger partial charge in [0.2, 0.25) is 11.9 Å². The molecule has 0 bridgehead atoms. The number of hydrogen-bond donors (Lipinski definition) is 2. The predicted molar refractivity (Wildman–Crippen MR) is 135 cm³/mol. The Morgan fingerprint density at radius 3 is 2.44 bits per heavy atom. The smallest absolute Gasteiger partial charge is 0.325 e. The summed E-state index contributed by atoms with van der Waals surface area (Å²) in [6, 6.07) is 14.3. The van der Waals surface area contributed by atoms with Crippen molar-refractivity contribution in [3.63, 3.8) is 0 Å². The van der Waals surface area contributed by atoms with Gasteiger partial charge in [0.1, 0.15) is 12.3 Å². The van der Waals surface area contributed by atoms with Gasteiger partial charge in [-0.2, -0.15) is 0 Å². The molecule has 4 rings (SSSR count). The monoisotopic (exact) mass is 510 g/mol. The minimum absolute atomic E-state index is 0.00803. The summed E-state index contributed by atoms with van der Waals surface area (Å²) in [4.78, 5) is 36.3. The molecule has 11 nitrogen and oxygen atoms in total. The van der Waals surface area contributed by atoms with Crippen LogP contribution in [0.2, 0.25) is 0 Å². The lowest BCUT2D eigenvalue weighted by molar-refractivity contribution is -0.116. The van der Waals surface area contributed by atoms with Gasteiger partial charge in [-0.15, -0.1) is 0 Å². The molecule has 188 valence electrons. The summed E-state index contributed by atoms with van der Waals surface area (Å²) < 4.78 is 32.9. The van der Waals surface area contributed by atoms with Crippen LogP contribution in [0.25, 0.3) is 0 Å². The quantitative estimate of drug-likeness (QED) is 0.452. The van der Waals surface area contributed by atoms with Crippen LogP contribution in [0, 0.1) is 6.92 Å². The number of hydrogen-bond acceptors (Lipinski definition) is 7. The van der Waals surface area contributed by atoms with E-state index in [1.807, 2.05) is 19.1 Å². The van der Waals surface area contributed by atoms with Gasteiger partial charge in [-0.25, -0.2) is 27.9 Å². The van der Waals surface area contributed by atoms with Crippen LogP contribution in [0.4, 0.5) is 22.1 Å². The zero-order valence-corrected chi connectivity index (χ0v) is 20.7. The summed E-state index contributed by atoms with van der Waals surface area (Å²) >= 11 is 0. The standard InChI is InChI=1S/C24H26N6O5S/c1-3-35-20-8-6-19(7-9-20)30-15-14-29(24(30)32)16-22(31)27-18-4-10-21(11-5-18)36(33,34)28-23-25-13-12-17(2)26-23/h4-13H,3,14-16H2,1-2H3,(H,27,31)(H,25,26,28). The SMILES string of the molecule is CCOc1ccc(N2CCN(CC(=O)Nc3ccc(S(=O)(=O)Nc4nccc(C)n4)cc3)C2=O)cc1. The maximum absolute atomic E-state index is 12.8. The molecule has 0 saturated carbocycles. The van der Waals surface area contributed by atoms with Crippen LogP contribution in [0.5, 0.6) is 5.75 Å². The maximum Gasteiger partial charge on any atom is 0.325 e. The Balaban J connectivity index is 1.33. The van der Waals surface area contributed by atoms with Gasteiger partial charge in [0, 0.05) is 36.4 Å². The van der Waals surface area contributed by atoms with E-state index in [9.17, 15) is 18.0 Å². The molecule has 1 aromatic heterocycles. The Morgan fingerprint density at radius 1 is 1.06 bits per heavy atom. The van der Waals surface area contributed by atoms with E-state index >= 15 is 0 Å². The first-order valence-electron chi connectivity index (χ1n) is 11.3. The minimum Gasteiger partial charge on any atom is -0.494 e. The van der Waals surface area contributed by atoms with Gasteiger partial charge >= 0.3 is 6.03 Å². The van der Waals surface area contributed by atoms with E-state index in [0.717, 1.165) is 11.4 Å². The van der Waals surface area contributed by atoms with Crippen molar-refractivity contribution < 1.29 is 22.7 Å². The van der Waals surface area contributed by atoms with Crippen LogP contribution >= 0.6 is 0 Å². The van der Waals surface area contributed by atoms with Gasteiger partial charge in [-0.05, 0) is 68.4 Å². The summed E-state index contributed by atoms with van der Waals surface area (Å²) in [6.45, 7) is 4.93. The molecule has 0 atom stereocenters. The van der Waals surface area contributed by atoms with Crippen LogP contribution in [-0.2, 0) is 14.8 Å². The number of aromatic nitrogens is 2. The number of urea groups is 1. The average molecular weight is 511 g/mol. The number of amides is 3. The lowest BCUT2D eigenvalue weighted by atomic mass is 10.3. The molecule has 2 aromatic carbocycles. The first-order valence-corrected chi connectivity index (χ1v) is 12.7. The molecule has 0 spiro atoms. The van der Waals surface area contributed by atoms with Gasteiger partial charge in [-0.3, -0.25) is 9.69 Å². The van der Waals surface area contributed by atoms with E-state index in [-0.39, 0.29) is 23.4 Å². The number of anilines is 3. The number of aryl methyl sites for hydroxylation is 1. The molecule has 3 aromatic rings. The first kappa shape index (κ1) is 24.9. The van der Waals surface area contributed by atoms with Crippen molar-refractivity contribution in [1.82, 2.24) is 14.9 Å². The molecule has 1 saturated heterocycles. The Hall–Kier alpha value is -4.19.